The molecule has 2 aromatic heterocycles. The largest absolute Gasteiger partial charge is 0.299 e. The van der Waals surface area contributed by atoms with Crippen molar-refractivity contribution in [1.82, 2.24) is 14.6 Å². The molecule has 0 amide bonds. The second-order valence-corrected chi connectivity index (χ2v) is 9.02. The fourth-order valence-electron chi connectivity index (χ4n) is 2.77. The van der Waals surface area contributed by atoms with E-state index in [0.717, 1.165) is 33.2 Å². The molecule has 26 heavy (non-hydrogen) atoms. The van der Waals surface area contributed by atoms with Crippen molar-refractivity contribution >= 4 is 23.2 Å². The first-order valence-electron chi connectivity index (χ1n) is 8.82. The molecule has 0 N–H and O–H groups in total. The number of benzene rings is 1. The SMILES string of the molecule is CC(=O)[C@@H](C)Sc1cc(C(C)(C)C)nc2c(-c3ccccc3)c(C)nn12. The third-order valence-electron chi connectivity index (χ3n) is 4.43. The molecule has 0 saturated carbocycles. The van der Waals surface area contributed by atoms with Crippen molar-refractivity contribution in [2.45, 2.75) is 57.2 Å². The van der Waals surface area contributed by atoms with Gasteiger partial charge in [0.2, 0.25) is 0 Å². The molecule has 1 atom stereocenters. The molecule has 0 fully saturated rings. The predicted octanol–water partition coefficient (Wildman–Crippen LogP) is 5.07. The maximum Gasteiger partial charge on any atom is 0.164 e. The number of hydrogen-bond acceptors (Lipinski definition) is 4. The Morgan fingerprint density at radius 2 is 1.85 bits per heavy atom. The van der Waals surface area contributed by atoms with Gasteiger partial charge < -0.3 is 0 Å². The molecule has 0 aliphatic carbocycles. The molecule has 5 heteroatoms. The lowest BCUT2D eigenvalue weighted by Gasteiger charge is -2.20. The second kappa shape index (κ2) is 6.88. The van der Waals surface area contributed by atoms with Crippen molar-refractivity contribution in [3.63, 3.8) is 0 Å². The van der Waals surface area contributed by atoms with Crippen LogP contribution < -0.4 is 0 Å². The van der Waals surface area contributed by atoms with Gasteiger partial charge in [-0.25, -0.2) is 9.50 Å². The number of Topliss-reactive ketones (excluding diaryl/α,β-unsaturated/α-hetero) is 1. The number of aryl methyl sites for hydroxylation is 1. The molecule has 0 unspecified atom stereocenters. The van der Waals surface area contributed by atoms with Gasteiger partial charge in [-0.3, -0.25) is 4.79 Å². The summed E-state index contributed by atoms with van der Waals surface area (Å²) in [4.78, 5) is 16.8. The van der Waals surface area contributed by atoms with Crippen LogP contribution >= 0.6 is 11.8 Å². The van der Waals surface area contributed by atoms with Gasteiger partial charge in [0.15, 0.2) is 5.65 Å². The first-order valence-corrected chi connectivity index (χ1v) is 9.70. The second-order valence-electron chi connectivity index (χ2n) is 7.66. The lowest BCUT2D eigenvalue weighted by molar-refractivity contribution is -0.116. The third-order valence-corrected chi connectivity index (χ3v) is 5.65. The molecule has 0 aliphatic heterocycles. The van der Waals surface area contributed by atoms with E-state index >= 15 is 0 Å². The number of rotatable bonds is 4. The Balaban J connectivity index is 2.29. The van der Waals surface area contributed by atoms with E-state index in [4.69, 9.17) is 10.1 Å². The van der Waals surface area contributed by atoms with Gasteiger partial charge in [0.1, 0.15) is 10.8 Å². The first-order chi connectivity index (χ1) is 12.2. The average molecular weight is 368 g/mol. The molecule has 4 nitrogen and oxygen atoms in total. The van der Waals surface area contributed by atoms with E-state index in [9.17, 15) is 4.79 Å². The Labute approximate surface area is 159 Å². The summed E-state index contributed by atoms with van der Waals surface area (Å²) in [5.74, 6) is 0.157. The van der Waals surface area contributed by atoms with Crippen molar-refractivity contribution < 1.29 is 4.79 Å². The van der Waals surface area contributed by atoms with Crippen LogP contribution in [0.5, 0.6) is 0 Å². The molecule has 0 radical (unpaired) electrons. The monoisotopic (exact) mass is 367 g/mol. The van der Waals surface area contributed by atoms with Crippen molar-refractivity contribution in [2.24, 2.45) is 0 Å². The Kier molecular flexibility index (Phi) is 4.93. The van der Waals surface area contributed by atoms with Crippen LogP contribution in [0.3, 0.4) is 0 Å². The minimum absolute atomic E-state index is 0.0946. The van der Waals surface area contributed by atoms with Crippen LogP contribution in [0.15, 0.2) is 41.4 Å². The highest BCUT2D eigenvalue weighted by Crippen LogP contribution is 2.34. The first kappa shape index (κ1) is 18.6. The van der Waals surface area contributed by atoms with E-state index in [2.05, 4.69) is 39.0 Å². The summed E-state index contributed by atoms with van der Waals surface area (Å²) in [5, 5.41) is 5.57. The molecule has 0 spiro atoms. The number of ketones is 1. The van der Waals surface area contributed by atoms with E-state index in [0.29, 0.717) is 0 Å². The summed E-state index contributed by atoms with van der Waals surface area (Å²) >= 11 is 1.54. The zero-order valence-electron chi connectivity index (χ0n) is 16.2. The summed E-state index contributed by atoms with van der Waals surface area (Å²) in [7, 11) is 0. The van der Waals surface area contributed by atoms with Gasteiger partial charge >= 0.3 is 0 Å². The fourth-order valence-corrected chi connectivity index (χ4v) is 3.71. The van der Waals surface area contributed by atoms with Crippen molar-refractivity contribution in [2.75, 3.05) is 0 Å². The van der Waals surface area contributed by atoms with Gasteiger partial charge in [-0.1, -0.05) is 62.9 Å². The molecule has 0 bridgehead atoms. The Morgan fingerprint density at radius 3 is 2.42 bits per heavy atom. The normalized spacial score (nSPS) is 13.2. The van der Waals surface area contributed by atoms with Crippen LogP contribution in [0.25, 0.3) is 16.8 Å². The number of carbonyl (C=O) groups is 1. The molecule has 3 rings (SSSR count). The van der Waals surface area contributed by atoms with Crippen molar-refractivity contribution in [3.8, 4) is 11.1 Å². The van der Waals surface area contributed by atoms with Crippen molar-refractivity contribution in [1.29, 1.82) is 0 Å². The maximum absolute atomic E-state index is 11.8. The minimum Gasteiger partial charge on any atom is -0.299 e. The highest BCUT2D eigenvalue weighted by Gasteiger charge is 2.23. The van der Waals surface area contributed by atoms with Gasteiger partial charge in [-0.2, -0.15) is 5.10 Å². The standard InChI is InChI=1S/C21H25N3OS/c1-13-19(16-10-8-7-9-11-16)20-22-17(21(4,5)6)12-18(24(20)23-13)26-15(3)14(2)25/h7-12,15H,1-6H3/t15-/m1/s1. The number of fused-ring (bicyclic) bond motifs is 1. The predicted molar refractivity (Wildman–Crippen MR) is 108 cm³/mol. The van der Waals surface area contributed by atoms with Gasteiger partial charge in [0, 0.05) is 11.0 Å². The maximum atomic E-state index is 11.8. The third kappa shape index (κ3) is 3.54. The zero-order chi connectivity index (χ0) is 19.1. The van der Waals surface area contributed by atoms with E-state index in [1.165, 1.54) is 11.8 Å². The van der Waals surface area contributed by atoms with Crippen LogP contribution in [0.4, 0.5) is 0 Å². The highest BCUT2D eigenvalue weighted by atomic mass is 32.2. The summed E-state index contributed by atoms with van der Waals surface area (Å²) in [6.45, 7) is 12.0. The van der Waals surface area contributed by atoms with E-state index in [1.54, 1.807) is 6.92 Å². The fraction of sp³-hybridized carbons (Fsp3) is 0.381. The summed E-state index contributed by atoms with van der Waals surface area (Å²) in [6.07, 6.45) is 0. The summed E-state index contributed by atoms with van der Waals surface area (Å²) in [5.41, 5.74) is 4.85. The number of nitrogens with zero attached hydrogens (tertiary/aromatic N) is 3. The lowest BCUT2D eigenvalue weighted by atomic mass is 9.92. The van der Waals surface area contributed by atoms with Crippen LogP contribution in [0, 0.1) is 6.92 Å². The smallest absolute Gasteiger partial charge is 0.164 e. The lowest BCUT2D eigenvalue weighted by Crippen LogP contribution is -2.16. The number of hydrogen-bond donors (Lipinski definition) is 0. The molecule has 1 aromatic carbocycles. The van der Waals surface area contributed by atoms with Crippen LogP contribution in [0.2, 0.25) is 0 Å². The van der Waals surface area contributed by atoms with Crippen LogP contribution in [-0.4, -0.2) is 25.6 Å². The minimum atomic E-state index is -0.127. The Hall–Kier alpha value is -2.14. The topological polar surface area (TPSA) is 47.3 Å². The van der Waals surface area contributed by atoms with Crippen LogP contribution in [-0.2, 0) is 10.2 Å². The molecule has 0 aliphatic rings. The summed E-state index contributed by atoms with van der Waals surface area (Å²) in [6, 6.07) is 12.3. The molecule has 136 valence electrons. The van der Waals surface area contributed by atoms with E-state index in [1.807, 2.05) is 36.6 Å². The Bertz CT molecular complexity index is 955. The van der Waals surface area contributed by atoms with Crippen LogP contribution in [0.1, 0.15) is 46.0 Å². The molecule has 0 saturated heterocycles. The van der Waals surface area contributed by atoms with E-state index in [-0.39, 0.29) is 16.4 Å². The number of carbonyl (C=O) groups excluding carboxylic acids is 1. The molecule has 3 aromatic rings. The van der Waals surface area contributed by atoms with Gasteiger partial charge in [0.05, 0.1) is 16.6 Å². The molecular weight excluding hydrogens is 342 g/mol. The van der Waals surface area contributed by atoms with Gasteiger partial charge in [-0.15, -0.1) is 0 Å². The average Bonchev–Trinajstić information content (AvgIpc) is 2.91. The van der Waals surface area contributed by atoms with Gasteiger partial charge in [-0.05, 0) is 32.4 Å². The number of thioether (sulfide) groups is 1. The molecule has 2 heterocycles. The Morgan fingerprint density at radius 1 is 1.19 bits per heavy atom. The zero-order valence-corrected chi connectivity index (χ0v) is 17.0. The summed E-state index contributed by atoms with van der Waals surface area (Å²) < 4.78 is 1.89. The quantitative estimate of drug-likeness (QED) is 0.477. The molecular formula is C21H25N3OS. The van der Waals surface area contributed by atoms with Gasteiger partial charge in [0.25, 0.3) is 0 Å². The highest BCUT2D eigenvalue weighted by molar-refractivity contribution is 8.00. The van der Waals surface area contributed by atoms with Crippen molar-refractivity contribution in [3.05, 3.63) is 47.8 Å². The van der Waals surface area contributed by atoms with E-state index < -0.39 is 0 Å². The number of aromatic nitrogens is 3.